The Morgan fingerprint density at radius 1 is 1.70 bits per heavy atom. The highest BCUT2D eigenvalue weighted by Crippen LogP contribution is 2.27. The largest absolute Gasteiger partial charge is 0.364 e. The van der Waals surface area contributed by atoms with Crippen molar-refractivity contribution in [3.05, 3.63) is 10.5 Å². The number of thioether (sulfide) groups is 1. The molecule has 1 unspecified atom stereocenters. The fraction of sp³-hybridized carbons (Fsp3) is 0.500. The molecule has 0 spiro atoms. The molecule has 1 aliphatic heterocycles. The van der Waals surface area contributed by atoms with Crippen LogP contribution in [0.3, 0.4) is 0 Å². The SMILES string of the molecule is CC(C)=C1SC(O)NC1=O. The normalized spacial score (nSPS) is 24.9. The van der Waals surface area contributed by atoms with Crippen molar-refractivity contribution in [2.45, 2.75) is 19.4 Å². The second-order valence-corrected chi connectivity index (χ2v) is 3.36. The number of hydrogen-bond donors (Lipinski definition) is 2. The van der Waals surface area contributed by atoms with Crippen molar-refractivity contribution in [2.24, 2.45) is 0 Å². The summed E-state index contributed by atoms with van der Waals surface area (Å²) in [6, 6.07) is 0. The van der Waals surface area contributed by atoms with Crippen LogP contribution >= 0.6 is 11.8 Å². The highest BCUT2D eigenvalue weighted by atomic mass is 32.2. The van der Waals surface area contributed by atoms with Crippen LogP contribution in [0.4, 0.5) is 0 Å². The van der Waals surface area contributed by atoms with Crippen LogP contribution in [-0.4, -0.2) is 16.6 Å². The maximum atomic E-state index is 10.9. The molecule has 1 amide bonds. The number of hydrogen-bond acceptors (Lipinski definition) is 3. The Morgan fingerprint density at radius 2 is 2.30 bits per heavy atom. The molecule has 0 aromatic carbocycles. The van der Waals surface area contributed by atoms with Gasteiger partial charge in [0, 0.05) is 0 Å². The van der Waals surface area contributed by atoms with E-state index in [9.17, 15) is 4.79 Å². The third-order valence-electron chi connectivity index (χ3n) is 1.14. The summed E-state index contributed by atoms with van der Waals surface area (Å²) >= 11 is 1.16. The van der Waals surface area contributed by atoms with Gasteiger partial charge in [-0.25, -0.2) is 0 Å². The lowest BCUT2D eigenvalue weighted by Gasteiger charge is -1.94. The molecule has 0 saturated carbocycles. The van der Waals surface area contributed by atoms with Gasteiger partial charge in [0.05, 0.1) is 4.91 Å². The van der Waals surface area contributed by atoms with Gasteiger partial charge in [-0.15, -0.1) is 0 Å². The van der Waals surface area contributed by atoms with Gasteiger partial charge >= 0.3 is 0 Å². The second kappa shape index (κ2) is 2.64. The smallest absolute Gasteiger partial charge is 0.260 e. The van der Waals surface area contributed by atoms with Crippen molar-refractivity contribution in [1.82, 2.24) is 5.32 Å². The molecule has 0 aromatic rings. The Morgan fingerprint density at radius 3 is 2.50 bits per heavy atom. The molecule has 1 fully saturated rings. The van der Waals surface area contributed by atoms with Crippen LogP contribution in [0.5, 0.6) is 0 Å². The van der Waals surface area contributed by atoms with Crippen molar-refractivity contribution < 1.29 is 9.90 Å². The minimum Gasteiger partial charge on any atom is -0.364 e. The van der Waals surface area contributed by atoms with Crippen LogP contribution in [0.25, 0.3) is 0 Å². The van der Waals surface area contributed by atoms with Crippen molar-refractivity contribution in [2.75, 3.05) is 0 Å². The molecule has 2 N–H and O–H groups in total. The molecular weight excluding hydrogens is 150 g/mol. The molecule has 1 rings (SSSR count). The van der Waals surface area contributed by atoms with Crippen LogP contribution in [-0.2, 0) is 4.79 Å². The van der Waals surface area contributed by atoms with E-state index in [0.29, 0.717) is 4.91 Å². The predicted molar refractivity (Wildman–Crippen MR) is 40.1 cm³/mol. The zero-order valence-corrected chi connectivity index (χ0v) is 6.66. The molecule has 1 saturated heterocycles. The van der Waals surface area contributed by atoms with Crippen molar-refractivity contribution in [3.63, 3.8) is 0 Å². The van der Waals surface area contributed by atoms with Crippen LogP contribution in [0, 0.1) is 0 Å². The Balaban J connectivity index is 2.83. The van der Waals surface area contributed by atoms with Crippen molar-refractivity contribution in [1.29, 1.82) is 0 Å². The molecule has 0 bridgehead atoms. The van der Waals surface area contributed by atoms with Crippen molar-refractivity contribution in [3.8, 4) is 0 Å². The molecule has 10 heavy (non-hydrogen) atoms. The van der Waals surface area contributed by atoms with Crippen LogP contribution < -0.4 is 5.32 Å². The Hall–Kier alpha value is -0.480. The van der Waals surface area contributed by atoms with E-state index in [0.717, 1.165) is 17.3 Å². The summed E-state index contributed by atoms with van der Waals surface area (Å²) in [5.74, 6) is -0.169. The summed E-state index contributed by atoms with van der Waals surface area (Å²) in [7, 11) is 0. The Labute approximate surface area is 63.5 Å². The van der Waals surface area contributed by atoms with Crippen LogP contribution in [0.2, 0.25) is 0 Å². The average molecular weight is 159 g/mol. The van der Waals surface area contributed by atoms with E-state index >= 15 is 0 Å². The molecule has 4 heteroatoms. The maximum Gasteiger partial charge on any atom is 0.260 e. The second-order valence-electron chi connectivity index (χ2n) is 2.27. The molecule has 3 nitrogen and oxygen atoms in total. The minimum atomic E-state index is -0.752. The number of amides is 1. The molecular formula is C6H9NO2S. The zero-order chi connectivity index (χ0) is 7.72. The number of carbonyl (C=O) groups is 1. The summed E-state index contributed by atoms with van der Waals surface area (Å²) in [6.45, 7) is 3.69. The van der Waals surface area contributed by atoms with Crippen LogP contribution in [0.1, 0.15) is 13.8 Å². The van der Waals surface area contributed by atoms with E-state index in [1.807, 2.05) is 13.8 Å². The van der Waals surface area contributed by atoms with E-state index in [2.05, 4.69) is 5.32 Å². The van der Waals surface area contributed by atoms with Crippen molar-refractivity contribution >= 4 is 17.7 Å². The summed E-state index contributed by atoms with van der Waals surface area (Å²) in [5.41, 5.74) is 0.191. The third kappa shape index (κ3) is 1.33. The lowest BCUT2D eigenvalue weighted by molar-refractivity contribution is -0.117. The first-order valence-corrected chi connectivity index (χ1v) is 3.82. The summed E-state index contributed by atoms with van der Waals surface area (Å²) < 4.78 is 0. The molecule has 1 aliphatic rings. The summed E-state index contributed by atoms with van der Waals surface area (Å²) in [5, 5.41) is 11.3. The topological polar surface area (TPSA) is 49.3 Å². The standard InChI is InChI=1S/C6H9NO2S/c1-3(2)4-5(8)7-6(9)10-4/h6,9H,1-2H3,(H,7,8). The van der Waals surface area contributed by atoms with Gasteiger partial charge in [-0.05, 0) is 13.8 Å². The first-order chi connectivity index (χ1) is 4.61. The van der Waals surface area contributed by atoms with E-state index in [1.54, 1.807) is 0 Å². The van der Waals surface area contributed by atoms with E-state index in [-0.39, 0.29) is 5.91 Å². The third-order valence-corrected chi connectivity index (χ3v) is 2.31. The maximum absolute atomic E-state index is 10.9. The number of nitrogens with one attached hydrogen (secondary N) is 1. The van der Waals surface area contributed by atoms with Gasteiger partial charge in [0.2, 0.25) is 0 Å². The molecule has 1 heterocycles. The minimum absolute atomic E-state index is 0.169. The lowest BCUT2D eigenvalue weighted by atomic mass is 10.3. The predicted octanol–water partition coefficient (Wildman–Crippen LogP) is 0.419. The Kier molecular flexibility index (Phi) is 2.01. The van der Waals surface area contributed by atoms with Gasteiger partial charge in [0.1, 0.15) is 0 Å². The van der Waals surface area contributed by atoms with Crippen LogP contribution in [0.15, 0.2) is 10.5 Å². The number of carbonyl (C=O) groups excluding carboxylic acids is 1. The zero-order valence-electron chi connectivity index (χ0n) is 5.84. The molecule has 0 aliphatic carbocycles. The van der Waals surface area contributed by atoms with Gasteiger partial charge in [-0.2, -0.15) is 0 Å². The quantitative estimate of drug-likeness (QED) is 0.504. The number of aliphatic hydroxyl groups is 1. The average Bonchev–Trinajstić information content (AvgIpc) is 2.10. The highest BCUT2D eigenvalue weighted by molar-refractivity contribution is 8.04. The summed E-state index contributed by atoms with van der Waals surface area (Å²) in [6.07, 6.45) is 0. The number of rotatable bonds is 0. The van der Waals surface area contributed by atoms with Gasteiger partial charge in [-0.3, -0.25) is 4.79 Å². The molecule has 0 radical (unpaired) electrons. The fourth-order valence-corrected chi connectivity index (χ4v) is 1.51. The Bertz CT molecular complexity index is 196. The molecule has 56 valence electrons. The lowest BCUT2D eigenvalue weighted by Crippen LogP contribution is -2.23. The van der Waals surface area contributed by atoms with Gasteiger partial charge in [0.15, 0.2) is 5.56 Å². The van der Waals surface area contributed by atoms with Gasteiger partial charge in [-0.1, -0.05) is 17.3 Å². The van der Waals surface area contributed by atoms with Gasteiger partial charge < -0.3 is 10.4 Å². The molecule has 0 aromatic heterocycles. The highest BCUT2D eigenvalue weighted by Gasteiger charge is 2.25. The fourth-order valence-electron chi connectivity index (χ4n) is 0.717. The van der Waals surface area contributed by atoms with Gasteiger partial charge in [0.25, 0.3) is 5.91 Å². The van der Waals surface area contributed by atoms with E-state index in [1.165, 1.54) is 0 Å². The summed E-state index contributed by atoms with van der Waals surface area (Å²) in [4.78, 5) is 11.5. The van der Waals surface area contributed by atoms with E-state index in [4.69, 9.17) is 5.11 Å². The first-order valence-electron chi connectivity index (χ1n) is 2.94. The number of aliphatic hydroxyl groups excluding tert-OH is 1. The first kappa shape index (κ1) is 7.63. The monoisotopic (exact) mass is 159 g/mol. The van der Waals surface area contributed by atoms with E-state index < -0.39 is 5.56 Å². The number of allylic oxidation sites excluding steroid dienone is 1. The molecule has 1 atom stereocenters.